The quantitative estimate of drug-likeness (QED) is 0.451. The van der Waals surface area contributed by atoms with E-state index >= 15 is 8.78 Å². The molecule has 138 valence electrons. The molecule has 0 aliphatic rings. The molecule has 0 amide bonds. The van der Waals surface area contributed by atoms with Gasteiger partial charge >= 0.3 is 5.97 Å². The van der Waals surface area contributed by atoms with Crippen LogP contribution in [0.3, 0.4) is 0 Å². The summed E-state index contributed by atoms with van der Waals surface area (Å²) in [6.45, 7) is 2.02. The second-order valence-electron chi connectivity index (χ2n) is 5.89. The Morgan fingerprint density at radius 1 is 0.963 bits per heavy atom. The van der Waals surface area contributed by atoms with Crippen LogP contribution in [0.5, 0.6) is 0 Å². The van der Waals surface area contributed by atoms with Crippen LogP contribution in [0, 0.1) is 11.6 Å². The van der Waals surface area contributed by atoms with Crippen molar-refractivity contribution >= 4 is 5.97 Å². The van der Waals surface area contributed by atoms with Crippen molar-refractivity contribution in [1.29, 1.82) is 0 Å². The summed E-state index contributed by atoms with van der Waals surface area (Å²) < 4.78 is 35.2. The van der Waals surface area contributed by atoms with Crippen molar-refractivity contribution in [2.75, 3.05) is 6.61 Å². The molecule has 2 aromatic heterocycles. The molecule has 0 saturated carbocycles. The van der Waals surface area contributed by atoms with E-state index in [0.29, 0.717) is 6.42 Å². The van der Waals surface area contributed by atoms with Crippen LogP contribution in [0.25, 0.3) is 22.5 Å². The van der Waals surface area contributed by atoms with Gasteiger partial charge in [0, 0.05) is 23.5 Å². The summed E-state index contributed by atoms with van der Waals surface area (Å²) >= 11 is 0. The van der Waals surface area contributed by atoms with Crippen molar-refractivity contribution in [3.8, 4) is 22.5 Å². The van der Waals surface area contributed by atoms with Crippen LogP contribution in [0.4, 0.5) is 8.78 Å². The van der Waals surface area contributed by atoms with Crippen LogP contribution in [0.1, 0.15) is 30.1 Å². The van der Waals surface area contributed by atoms with Gasteiger partial charge in [0.05, 0.1) is 18.0 Å². The average Bonchev–Trinajstić information content (AvgIpc) is 2.70. The first-order valence-corrected chi connectivity index (χ1v) is 8.65. The minimum Gasteiger partial charge on any atom is -0.462 e. The summed E-state index contributed by atoms with van der Waals surface area (Å²) in [5, 5.41) is 0. The number of rotatable bonds is 6. The zero-order valence-corrected chi connectivity index (χ0v) is 14.8. The predicted octanol–water partition coefficient (Wildman–Crippen LogP) is 5.05. The van der Waals surface area contributed by atoms with Gasteiger partial charge < -0.3 is 4.74 Å². The molecule has 6 heteroatoms. The molecule has 3 rings (SSSR count). The van der Waals surface area contributed by atoms with Gasteiger partial charge in [-0.25, -0.2) is 13.6 Å². The number of nitrogens with zero attached hydrogens (tertiary/aromatic N) is 2. The van der Waals surface area contributed by atoms with E-state index in [-0.39, 0.29) is 29.1 Å². The van der Waals surface area contributed by atoms with Gasteiger partial charge in [0.1, 0.15) is 17.2 Å². The normalized spacial score (nSPS) is 10.6. The van der Waals surface area contributed by atoms with Crippen LogP contribution in [0.15, 0.2) is 54.9 Å². The first-order valence-electron chi connectivity index (χ1n) is 8.65. The second kappa shape index (κ2) is 8.49. The minimum atomic E-state index is -1.03. The Bertz CT molecular complexity index is 868. The highest BCUT2D eigenvalue weighted by atomic mass is 19.1. The Morgan fingerprint density at radius 2 is 1.52 bits per heavy atom. The van der Waals surface area contributed by atoms with E-state index in [0.717, 1.165) is 6.42 Å². The summed E-state index contributed by atoms with van der Waals surface area (Å²) in [6, 6.07) is 11.2. The van der Waals surface area contributed by atoms with Crippen molar-refractivity contribution in [1.82, 2.24) is 9.97 Å². The average molecular weight is 368 g/mol. The number of ether oxygens (including phenoxy) is 1. The molecule has 0 spiro atoms. The Labute approximate surface area is 155 Å². The molecule has 27 heavy (non-hydrogen) atoms. The van der Waals surface area contributed by atoms with E-state index in [1.54, 1.807) is 36.4 Å². The van der Waals surface area contributed by atoms with E-state index in [2.05, 4.69) is 9.97 Å². The lowest BCUT2D eigenvalue weighted by molar-refractivity contribution is 0.0489. The molecule has 3 aromatic rings. The number of pyridine rings is 2. The molecule has 0 N–H and O–H groups in total. The highest BCUT2D eigenvalue weighted by Gasteiger charge is 2.27. The third-order valence-corrected chi connectivity index (χ3v) is 4.02. The van der Waals surface area contributed by atoms with Crippen LogP contribution >= 0.6 is 0 Å². The lowest BCUT2D eigenvalue weighted by Crippen LogP contribution is -2.13. The molecule has 0 unspecified atom stereocenters. The molecular formula is C21H18F2N2O2. The maximum atomic E-state index is 15.1. The second-order valence-corrected chi connectivity index (χ2v) is 5.89. The summed E-state index contributed by atoms with van der Waals surface area (Å²) in [5.41, 5.74) is -0.125. The molecule has 0 atom stereocenters. The largest absolute Gasteiger partial charge is 0.462 e. The topological polar surface area (TPSA) is 52.1 Å². The fourth-order valence-electron chi connectivity index (χ4n) is 2.61. The predicted molar refractivity (Wildman–Crippen MR) is 98.0 cm³/mol. The molecular weight excluding hydrogens is 350 g/mol. The standard InChI is InChI=1S/C21H18F2N2O2/c1-2-3-12-27-21(26)18-19(22)14(16-8-4-6-10-24-16)13-15(20(18)23)17-9-5-7-11-25-17/h4-11,13H,2-3,12H2,1H3. The minimum absolute atomic E-state index is 0.0140. The van der Waals surface area contributed by atoms with Crippen molar-refractivity contribution in [2.24, 2.45) is 0 Å². The van der Waals surface area contributed by atoms with Gasteiger partial charge in [-0.15, -0.1) is 0 Å². The highest BCUT2D eigenvalue weighted by Crippen LogP contribution is 2.33. The maximum absolute atomic E-state index is 15.1. The Kier molecular flexibility index (Phi) is 5.86. The molecule has 4 nitrogen and oxygen atoms in total. The molecule has 2 heterocycles. The van der Waals surface area contributed by atoms with Gasteiger partial charge in [0.15, 0.2) is 0 Å². The number of aromatic nitrogens is 2. The van der Waals surface area contributed by atoms with Crippen LogP contribution < -0.4 is 0 Å². The SMILES string of the molecule is CCCCOC(=O)c1c(F)c(-c2ccccn2)cc(-c2ccccn2)c1F. The summed E-state index contributed by atoms with van der Waals surface area (Å²) in [6.07, 6.45) is 4.41. The summed E-state index contributed by atoms with van der Waals surface area (Å²) in [5.74, 6) is -3.02. The van der Waals surface area contributed by atoms with Gasteiger partial charge in [-0.2, -0.15) is 0 Å². The monoisotopic (exact) mass is 368 g/mol. The Balaban J connectivity index is 2.18. The van der Waals surface area contributed by atoms with E-state index < -0.39 is 23.2 Å². The number of esters is 1. The van der Waals surface area contributed by atoms with E-state index in [1.165, 1.54) is 18.5 Å². The third-order valence-electron chi connectivity index (χ3n) is 4.02. The van der Waals surface area contributed by atoms with Gasteiger partial charge in [-0.05, 0) is 36.8 Å². The van der Waals surface area contributed by atoms with Crippen molar-refractivity contribution in [2.45, 2.75) is 19.8 Å². The number of carbonyl (C=O) groups is 1. The number of halogens is 2. The lowest BCUT2D eigenvalue weighted by Gasteiger charge is -2.13. The number of hydrogen-bond donors (Lipinski definition) is 0. The number of hydrogen-bond acceptors (Lipinski definition) is 4. The van der Waals surface area contributed by atoms with Gasteiger partial charge in [0.2, 0.25) is 0 Å². The van der Waals surface area contributed by atoms with E-state index in [9.17, 15) is 4.79 Å². The molecule has 1 aromatic carbocycles. The molecule has 0 saturated heterocycles. The van der Waals surface area contributed by atoms with E-state index in [1.807, 2.05) is 6.92 Å². The van der Waals surface area contributed by atoms with Crippen molar-refractivity contribution < 1.29 is 18.3 Å². The number of benzene rings is 1. The Hall–Kier alpha value is -3.15. The Morgan fingerprint density at radius 3 is 1.96 bits per heavy atom. The first kappa shape index (κ1) is 18.6. The summed E-state index contributed by atoms with van der Waals surface area (Å²) in [4.78, 5) is 20.6. The van der Waals surface area contributed by atoms with Gasteiger partial charge in [-0.1, -0.05) is 25.5 Å². The zero-order chi connectivity index (χ0) is 19.2. The van der Waals surface area contributed by atoms with Crippen molar-refractivity contribution in [3.63, 3.8) is 0 Å². The summed E-state index contributed by atoms with van der Waals surface area (Å²) in [7, 11) is 0. The maximum Gasteiger partial charge on any atom is 0.344 e. The zero-order valence-electron chi connectivity index (χ0n) is 14.8. The van der Waals surface area contributed by atoms with Crippen molar-refractivity contribution in [3.05, 3.63) is 72.1 Å². The van der Waals surface area contributed by atoms with Crippen LogP contribution in [-0.4, -0.2) is 22.5 Å². The van der Waals surface area contributed by atoms with Crippen LogP contribution in [0.2, 0.25) is 0 Å². The molecule has 0 radical (unpaired) electrons. The van der Waals surface area contributed by atoms with E-state index in [4.69, 9.17) is 4.74 Å². The molecule has 0 bridgehead atoms. The fourth-order valence-corrected chi connectivity index (χ4v) is 2.61. The molecule has 0 aliphatic carbocycles. The van der Waals surface area contributed by atoms with Gasteiger partial charge in [-0.3, -0.25) is 9.97 Å². The third kappa shape index (κ3) is 4.00. The smallest absolute Gasteiger partial charge is 0.344 e. The molecule has 0 aliphatic heterocycles. The molecule has 0 fully saturated rings. The highest BCUT2D eigenvalue weighted by molar-refractivity contribution is 5.94. The number of unbranched alkanes of at least 4 members (excludes halogenated alkanes) is 1. The number of carbonyl (C=O) groups excluding carboxylic acids is 1. The van der Waals surface area contributed by atoms with Crippen LogP contribution in [-0.2, 0) is 4.74 Å². The lowest BCUT2D eigenvalue weighted by atomic mass is 9.98. The fraction of sp³-hybridized carbons (Fsp3) is 0.190. The first-order chi connectivity index (χ1) is 13.1. The van der Waals surface area contributed by atoms with Gasteiger partial charge in [0.25, 0.3) is 0 Å².